The van der Waals surface area contributed by atoms with Gasteiger partial charge in [0.2, 0.25) is 12.7 Å². The molecule has 8 heteroatoms. The predicted molar refractivity (Wildman–Crippen MR) is 110 cm³/mol. The first-order valence-corrected chi connectivity index (χ1v) is 9.39. The molecule has 0 unspecified atom stereocenters. The average molecular weight is 427 g/mol. The molecule has 0 spiro atoms. The number of benzene rings is 3. The molecule has 1 amide bonds. The van der Waals surface area contributed by atoms with E-state index >= 15 is 0 Å². The van der Waals surface area contributed by atoms with Crippen LogP contribution in [0.1, 0.15) is 10.4 Å². The minimum Gasteiger partial charge on any atom is -0.454 e. The second kappa shape index (κ2) is 6.99. The lowest BCUT2D eigenvalue weighted by molar-refractivity contribution is 0.102. The summed E-state index contributed by atoms with van der Waals surface area (Å²) in [5.74, 6) is 1.25. The van der Waals surface area contributed by atoms with Crippen molar-refractivity contribution in [2.75, 3.05) is 12.1 Å². The summed E-state index contributed by atoms with van der Waals surface area (Å²) in [4.78, 5) is 17.1. The van der Waals surface area contributed by atoms with E-state index in [4.69, 9.17) is 37.1 Å². The molecular weight excluding hydrogens is 415 g/mol. The van der Waals surface area contributed by atoms with Crippen LogP contribution in [0.2, 0.25) is 10.0 Å². The Morgan fingerprint density at radius 2 is 1.83 bits per heavy atom. The quantitative estimate of drug-likeness (QED) is 0.449. The predicted octanol–water partition coefficient (Wildman–Crippen LogP) is 5.78. The number of nitrogens with one attached hydrogen (secondary N) is 1. The van der Waals surface area contributed by atoms with Crippen LogP contribution in [-0.2, 0) is 0 Å². The molecule has 1 aliphatic rings. The smallest absolute Gasteiger partial charge is 0.255 e. The molecule has 1 aliphatic heterocycles. The average Bonchev–Trinajstić information content (AvgIpc) is 3.35. The number of rotatable bonds is 3. The third kappa shape index (κ3) is 3.37. The summed E-state index contributed by atoms with van der Waals surface area (Å²) >= 11 is 12.3. The molecule has 0 saturated carbocycles. The van der Waals surface area contributed by atoms with E-state index in [2.05, 4.69) is 10.3 Å². The van der Waals surface area contributed by atoms with Gasteiger partial charge in [0, 0.05) is 16.3 Å². The third-order valence-corrected chi connectivity index (χ3v) is 5.00. The van der Waals surface area contributed by atoms with E-state index in [0.29, 0.717) is 55.3 Å². The van der Waals surface area contributed by atoms with E-state index in [1.807, 2.05) is 0 Å². The van der Waals surface area contributed by atoms with Crippen molar-refractivity contribution in [1.29, 1.82) is 0 Å². The summed E-state index contributed by atoms with van der Waals surface area (Å²) in [5, 5.41) is 3.86. The molecule has 5 rings (SSSR count). The van der Waals surface area contributed by atoms with Gasteiger partial charge in [-0.15, -0.1) is 0 Å². The van der Waals surface area contributed by atoms with Gasteiger partial charge in [0.05, 0.1) is 10.6 Å². The van der Waals surface area contributed by atoms with E-state index in [1.54, 1.807) is 54.6 Å². The summed E-state index contributed by atoms with van der Waals surface area (Å²) in [7, 11) is 0. The van der Waals surface area contributed by atoms with Crippen LogP contribution in [0.25, 0.3) is 22.6 Å². The first kappa shape index (κ1) is 17.8. The molecule has 0 bridgehead atoms. The molecule has 29 heavy (non-hydrogen) atoms. The number of oxazole rings is 1. The van der Waals surface area contributed by atoms with Gasteiger partial charge < -0.3 is 19.2 Å². The highest BCUT2D eigenvalue weighted by atomic mass is 35.5. The number of aromatic nitrogens is 1. The molecule has 0 aliphatic carbocycles. The number of carbonyl (C=O) groups is 1. The van der Waals surface area contributed by atoms with Crippen molar-refractivity contribution >= 4 is 45.9 Å². The molecule has 4 aromatic rings. The second-order valence-corrected chi connectivity index (χ2v) is 7.19. The highest BCUT2D eigenvalue weighted by Gasteiger charge is 2.17. The van der Waals surface area contributed by atoms with Crippen LogP contribution in [0.15, 0.2) is 59.0 Å². The van der Waals surface area contributed by atoms with Crippen LogP contribution in [0.3, 0.4) is 0 Å². The molecule has 0 saturated heterocycles. The summed E-state index contributed by atoms with van der Waals surface area (Å²) in [6.45, 7) is 0.155. The molecule has 2 heterocycles. The van der Waals surface area contributed by atoms with Gasteiger partial charge >= 0.3 is 0 Å². The summed E-state index contributed by atoms with van der Waals surface area (Å²) in [5.41, 5.74) is 2.79. The zero-order valence-electron chi connectivity index (χ0n) is 14.7. The van der Waals surface area contributed by atoms with Crippen LogP contribution >= 0.6 is 23.2 Å². The third-order valence-electron chi connectivity index (χ3n) is 4.44. The second-order valence-electron chi connectivity index (χ2n) is 6.35. The van der Waals surface area contributed by atoms with Gasteiger partial charge in [-0.3, -0.25) is 4.79 Å². The van der Waals surface area contributed by atoms with Gasteiger partial charge in [-0.1, -0.05) is 23.2 Å². The van der Waals surface area contributed by atoms with Crippen molar-refractivity contribution in [3.05, 3.63) is 70.2 Å². The first-order valence-electron chi connectivity index (χ1n) is 8.64. The Bertz CT molecular complexity index is 1270. The van der Waals surface area contributed by atoms with Crippen LogP contribution in [-0.4, -0.2) is 17.7 Å². The molecule has 6 nitrogen and oxygen atoms in total. The zero-order chi connectivity index (χ0) is 20.0. The van der Waals surface area contributed by atoms with Crippen molar-refractivity contribution in [1.82, 2.24) is 4.98 Å². The monoisotopic (exact) mass is 426 g/mol. The van der Waals surface area contributed by atoms with Crippen molar-refractivity contribution in [3.8, 4) is 23.0 Å². The van der Waals surface area contributed by atoms with Crippen molar-refractivity contribution < 1.29 is 18.7 Å². The van der Waals surface area contributed by atoms with E-state index < -0.39 is 0 Å². The van der Waals surface area contributed by atoms with E-state index in [9.17, 15) is 4.79 Å². The Morgan fingerprint density at radius 3 is 2.72 bits per heavy atom. The molecule has 144 valence electrons. The number of fused-ring (bicyclic) bond motifs is 2. The molecular formula is C21H12Cl2N2O4. The Labute approximate surface area is 175 Å². The van der Waals surface area contributed by atoms with Crippen LogP contribution in [0.4, 0.5) is 5.69 Å². The minimum absolute atomic E-state index is 0.155. The number of carbonyl (C=O) groups excluding carboxylic acids is 1. The van der Waals surface area contributed by atoms with Crippen LogP contribution in [0.5, 0.6) is 11.5 Å². The Kier molecular flexibility index (Phi) is 4.30. The van der Waals surface area contributed by atoms with Crippen molar-refractivity contribution in [2.24, 2.45) is 0 Å². The molecule has 0 atom stereocenters. The number of hydrogen-bond donors (Lipinski definition) is 1. The molecule has 3 aromatic carbocycles. The van der Waals surface area contributed by atoms with Gasteiger partial charge in [0.1, 0.15) is 5.52 Å². The topological polar surface area (TPSA) is 73.6 Å². The maximum absolute atomic E-state index is 12.6. The fraction of sp³-hybridized carbons (Fsp3) is 0.0476. The molecule has 1 N–H and O–H groups in total. The lowest BCUT2D eigenvalue weighted by Crippen LogP contribution is -2.11. The van der Waals surface area contributed by atoms with Crippen molar-refractivity contribution in [3.63, 3.8) is 0 Å². The Hall–Kier alpha value is -3.22. The van der Waals surface area contributed by atoms with Gasteiger partial charge in [-0.2, -0.15) is 0 Å². The maximum atomic E-state index is 12.6. The Morgan fingerprint density at radius 1 is 0.966 bits per heavy atom. The normalized spacial score (nSPS) is 12.3. The number of halogens is 2. The van der Waals surface area contributed by atoms with E-state index in [0.717, 1.165) is 0 Å². The van der Waals surface area contributed by atoms with Gasteiger partial charge in [-0.05, 0) is 54.6 Å². The van der Waals surface area contributed by atoms with E-state index in [-0.39, 0.29) is 12.7 Å². The van der Waals surface area contributed by atoms with Crippen LogP contribution < -0.4 is 14.8 Å². The SMILES string of the molecule is O=C(Nc1ccc2oc(-c3cc(Cl)ccc3Cl)nc2c1)c1ccc2c(c1)OCO2. The van der Waals surface area contributed by atoms with Gasteiger partial charge in [-0.25, -0.2) is 4.98 Å². The minimum atomic E-state index is -0.274. The standard InChI is InChI=1S/C21H12Cl2N2O4/c22-12-2-4-15(23)14(8-12)21-25-16-9-13(3-6-17(16)29-21)24-20(26)11-1-5-18-19(7-11)28-10-27-18/h1-9H,10H2,(H,24,26). The highest BCUT2D eigenvalue weighted by Crippen LogP contribution is 2.34. The zero-order valence-corrected chi connectivity index (χ0v) is 16.3. The lowest BCUT2D eigenvalue weighted by atomic mass is 10.2. The Balaban J connectivity index is 1.43. The fourth-order valence-electron chi connectivity index (χ4n) is 3.02. The lowest BCUT2D eigenvalue weighted by Gasteiger charge is -2.05. The highest BCUT2D eigenvalue weighted by molar-refractivity contribution is 6.35. The van der Waals surface area contributed by atoms with Gasteiger partial charge in [0.25, 0.3) is 5.91 Å². The summed E-state index contributed by atoms with van der Waals surface area (Å²) in [6.07, 6.45) is 0. The molecule has 0 radical (unpaired) electrons. The van der Waals surface area contributed by atoms with Crippen molar-refractivity contribution in [2.45, 2.75) is 0 Å². The van der Waals surface area contributed by atoms with Gasteiger partial charge in [0.15, 0.2) is 17.1 Å². The molecule has 1 aromatic heterocycles. The first-order chi connectivity index (χ1) is 14.1. The number of nitrogens with zero attached hydrogens (tertiary/aromatic N) is 1. The molecule has 0 fully saturated rings. The summed E-state index contributed by atoms with van der Waals surface area (Å²) in [6, 6.07) is 15.3. The van der Waals surface area contributed by atoms with Crippen LogP contribution in [0, 0.1) is 0 Å². The maximum Gasteiger partial charge on any atom is 0.255 e. The number of anilines is 1. The van der Waals surface area contributed by atoms with E-state index in [1.165, 1.54) is 0 Å². The number of ether oxygens (including phenoxy) is 2. The fourth-order valence-corrected chi connectivity index (χ4v) is 3.39. The largest absolute Gasteiger partial charge is 0.454 e. The summed E-state index contributed by atoms with van der Waals surface area (Å²) < 4.78 is 16.4. The number of amides is 1. The number of hydrogen-bond acceptors (Lipinski definition) is 5.